The zero-order chi connectivity index (χ0) is 23.5. The Bertz CT molecular complexity index is 1150. The van der Waals surface area contributed by atoms with Crippen LogP contribution in [0, 0.1) is 0 Å². The zero-order valence-corrected chi connectivity index (χ0v) is 19.8. The summed E-state index contributed by atoms with van der Waals surface area (Å²) in [5.41, 5.74) is 2.95. The van der Waals surface area contributed by atoms with E-state index in [0.29, 0.717) is 22.0 Å². The number of carbonyl (C=O) groups is 2. The van der Waals surface area contributed by atoms with Crippen LogP contribution in [0.1, 0.15) is 47.1 Å². The highest BCUT2D eigenvalue weighted by Gasteiger charge is 2.18. The van der Waals surface area contributed by atoms with Crippen molar-refractivity contribution in [3.05, 3.63) is 87.4 Å². The van der Waals surface area contributed by atoms with Crippen LogP contribution in [0.25, 0.3) is 0 Å². The summed E-state index contributed by atoms with van der Waals surface area (Å²) in [6.07, 6.45) is 0. The van der Waals surface area contributed by atoms with E-state index < -0.39 is 5.91 Å². The molecule has 0 aromatic heterocycles. The molecule has 2 N–H and O–H groups in total. The van der Waals surface area contributed by atoms with E-state index in [9.17, 15) is 9.59 Å². The summed E-state index contributed by atoms with van der Waals surface area (Å²) in [7, 11) is 1.43. The summed E-state index contributed by atoms with van der Waals surface area (Å²) < 4.78 is 5.24. The standard InChI is InChI=1S/C25H24Cl2N2O3/c1-25(2,3)16-10-8-15(9-11-16)23(30)28-18-6-5-7-19(14-18)29-24(31)20-12-17(26)13-21(27)22(20)32-4/h5-14H,1-4H3,(H,28,30)(H,29,31). The second kappa shape index (κ2) is 9.63. The van der Waals surface area contributed by atoms with Gasteiger partial charge in [-0.1, -0.05) is 62.2 Å². The van der Waals surface area contributed by atoms with E-state index in [4.69, 9.17) is 27.9 Å². The highest BCUT2D eigenvalue weighted by atomic mass is 35.5. The number of benzene rings is 3. The molecular formula is C25H24Cl2N2O3. The number of rotatable bonds is 5. The predicted octanol–water partition coefficient (Wildman–Crippen LogP) is 6.80. The molecule has 3 aromatic rings. The fourth-order valence-corrected chi connectivity index (χ4v) is 3.71. The molecule has 0 bridgehead atoms. The van der Waals surface area contributed by atoms with Gasteiger partial charge in [0, 0.05) is 22.0 Å². The molecule has 0 radical (unpaired) electrons. The van der Waals surface area contributed by atoms with Crippen molar-refractivity contribution in [2.75, 3.05) is 17.7 Å². The van der Waals surface area contributed by atoms with E-state index in [1.54, 1.807) is 36.4 Å². The molecule has 0 fully saturated rings. The van der Waals surface area contributed by atoms with Crippen molar-refractivity contribution in [2.24, 2.45) is 0 Å². The highest BCUT2D eigenvalue weighted by molar-refractivity contribution is 6.36. The lowest BCUT2D eigenvalue weighted by molar-refractivity contribution is 0.101. The first-order valence-corrected chi connectivity index (χ1v) is 10.7. The topological polar surface area (TPSA) is 67.4 Å². The number of hydrogen-bond donors (Lipinski definition) is 2. The first kappa shape index (κ1) is 23.6. The quantitative estimate of drug-likeness (QED) is 0.430. The van der Waals surface area contributed by atoms with Gasteiger partial charge in [-0.15, -0.1) is 0 Å². The van der Waals surface area contributed by atoms with E-state index in [1.165, 1.54) is 19.2 Å². The molecule has 0 aliphatic rings. The van der Waals surface area contributed by atoms with E-state index in [1.807, 2.05) is 12.1 Å². The number of anilines is 2. The van der Waals surface area contributed by atoms with Crippen LogP contribution in [-0.4, -0.2) is 18.9 Å². The minimum absolute atomic E-state index is 0.0113. The van der Waals surface area contributed by atoms with Crippen molar-refractivity contribution >= 4 is 46.4 Å². The van der Waals surface area contributed by atoms with Gasteiger partial charge in [-0.25, -0.2) is 0 Å². The Morgan fingerprint density at radius 1 is 0.844 bits per heavy atom. The molecule has 0 saturated heterocycles. The van der Waals surface area contributed by atoms with Crippen LogP contribution in [0.3, 0.4) is 0 Å². The van der Waals surface area contributed by atoms with Gasteiger partial charge in [0.05, 0.1) is 17.7 Å². The molecule has 0 atom stereocenters. The molecule has 3 rings (SSSR count). The lowest BCUT2D eigenvalue weighted by atomic mass is 9.87. The number of nitrogens with one attached hydrogen (secondary N) is 2. The molecule has 0 saturated carbocycles. The van der Waals surface area contributed by atoms with Crippen LogP contribution in [0.15, 0.2) is 60.7 Å². The first-order valence-electron chi connectivity index (χ1n) is 9.95. The maximum atomic E-state index is 12.8. The molecule has 3 aromatic carbocycles. The zero-order valence-electron chi connectivity index (χ0n) is 18.3. The van der Waals surface area contributed by atoms with Crippen molar-refractivity contribution in [1.82, 2.24) is 0 Å². The fourth-order valence-electron chi connectivity index (χ4n) is 3.13. The van der Waals surface area contributed by atoms with E-state index >= 15 is 0 Å². The van der Waals surface area contributed by atoms with Gasteiger partial charge in [-0.2, -0.15) is 0 Å². The van der Waals surface area contributed by atoms with Crippen LogP contribution < -0.4 is 15.4 Å². The molecule has 0 unspecified atom stereocenters. The van der Waals surface area contributed by atoms with Crippen LogP contribution in [-0.2, 0) is 5.41 Å². The van der Waals surface area contributed by atoms with Gasteiger partial charge in [0.1, 0.15) is 5.75 Å². The third-order valence-corrected chi connectivity index (χ3v) is 5.35. The average Bonchev–Trinajstić information content (AvgIpc) is 2.73. The normalized spacial score (nSPS) is 11.1. The summed E-state index contributed by atoms with van der Waals surface area (Å²) in [6.45, 7) is 6.36. The fraction of sp³-hybridized carbons (Fsp3) is 0.200. The Balaban J connectivity index is 1.75. The minimum atomic E-state index is -0.438. The molecule has 0 aliphatic heterocycles. The van der Waals surface area contributed by atoms with E-state index in [-0.39, 0.29) is 27.7 Å². The van der Waals surface area contributed by atoms with Crippen LogP contribution in [0.5, 0.6) is 5.75 Å². The Morgan fingerprint density at radius 2 is 1.44 bits per heavy atom. The Hall–Kier alpha value is -3.02. The van der Waals surface area contributed by atoms with Gasteiger partial charge in [0.2, 0.25) is 0 Å². The summed E-state index contributed by atoms with van der Waals surface area (Å²) in [5.74, 6) is -0.443. The highest BCUT2D eigenvalue weighted by Crippen LogP contribution is 2.33. The number of carbonyl (C=O) groups excluding carboxylic acids is 2. The van der Waals surface area contributed by atoms with Crippen molar-refractivity contribution in [1.29, 1.82) is 0 Å². The Morgan fingerprint density at radius 3 is 2.00 bits per heavy atom. The molecular weight excluding hydrogens is 447 g/mol. The van der Waals surface area contributed by atoms with E-state index in [0.717, 1.165) is 5.56 Å². The van der Waals surface area contributed by atoms with Crippen molar-refractivity contribution in [2.45, 2.75) is 26.2 Å². The van der Waals surface area contributed by atoms with Gasteiger partial charge in [0.15, 0.2) is 0 Å². The molecule has 32 heavy (non-hydrogen) atoms. The number of methoxy groups -OCH3 is 1. The summed E-state index contributed by atoms with van der Waals surface area (Å²) >= 11 is 12.2. The lowest BCUT2D eigenvalue weighted by Crippen LogP contribution is -2.15. The van der Waals surface area contributed by atoms with Gasteiger partial charge < -0.3 is 15.4 Å². The third kappa shape index (κ3) is 5.61. The second-order valence-corrected chi connectivity index (χ2v) is 9.13. The third-order valence-electron chi connectivity index (χ3n) is 4.85. The first-order chi connectivity index (χ1) is 15.1. The summed E-state index contributed by atoms with van der Waals surface area (Å²) in [5, 5.41) is 6.19. The molecule has 0 aliphatic carbocycles. The average molecular weight is 471 g/mol. The minimum Gasteiger partial charge on any atom is -0.494 e. The van der Waals surface area contributed by atoms with Gasteiger partial charge in [-0.3, -0.25) is 9.59 Å². The number of hydrogen-bond acceptors (Lipinski definition) is 3. The lowest BCUT2D eigenvalue weighted by Gasteiger charge is -2.19. The smallest absolute Gasteiger partial charge is 0.259 e. The number of ether oxygens (including phenoxy) is 1. The molecule has 0 spiro atoms. The Labute approximate surface area is 197 Å². The second-order valence-electron chi connectivity index (χ2n) is 8.28. The molecule has 0 heterocycles. The molecule has 7 heteroatoms. The summed E-state index contributed by atoms with van der Waals surface area (Å²) in [6, 6.07) is 17.3. The van der Waals surface area contributed by atoms with Crippen molar-refractivity contribution < 1.29 is 14.3 Å². The van der Waals surface area contributed by atoms with Crippen LogP contribution in [0.2, 0.25) is 10.0 Å². The SMILES string of the molecule is COc1c(Cl)cc(Cl)cc1C(=O)Nc1cccc(NC(=O)c2ccc(C(C)(C)C)cc2)c1. The maximum absolute atomic E-state index is 12.8. The van der Waals surface area contributed by atoms with Gasteiger partial charge in [-0.05, 0) is 53.4 Å². The van der Waals surface area contributed by atoms with Crippen LogP contribution in [0.4, 0.5) is 11.4 Å². The number of amides is 2. The van der Waals surface area contributed by atoms with Crippen LogP contribution >= 0.6 is 23.2 Å². The number of halogens is 2. The maximum Gasteiger partial charge on any atom is 0.259 e. The van der Waals surface area contributed by atoms with E-state index in [2.05, 4.69) is 31.4 Å². The van der Waals surface area contributed by atoms with Crippen molar-refractivity contribution in [3.8, 4) is 5.75 Å². The molecule has 5 nitrogen and oxygen atoms in total. The Kier molecular flexibility index (Phi) is 7.12. The van der Waals surface area contributed by atoms with Gasteiger partial charge in [0.25, 0.3) is 11.8 Å². The predicted molar refractivity (Wildman–Crippen MR) is 131 cm³/mol. The summed E-state index contributed by atoms with van der Waals surface area (Å²) in [4.78, 5) is 25.4. The largest absolute Gasteiger partial charge is 0.494 e. The van der Waals surface area contributed by atoms with Crippen molar-refractivity contribution in [3.63, 3.8) is 0 Å². The molecule has 166 valence electrons. The molecule has 2 amide bonds. The monoisotopic (exact) mass is 470 g/mol. The van der Waals surface area contributed by atoms with Gasteiger partial charge >= 0.3 is 0 Å².